The second-order valence-electron chi connectivity index (χ2n) is 9.73. The lowest BCUT2D eigenvalue weighted by Crippen LogP contribution is -2.43. The van der Waals surface area contributed by atoms with Crippen molar-refractivity contribution in [2.75, 3.05) is 30.4 Å². The SMILES string of the molecule is COc1ccc(C2(CNC(=O)C(=O)Nc3ccc4c(c3)CCCN4C(=O)c3cccs3)CCCC2)cc1. The number of carbonyl (C=O) groups is 3. The number of nitrogens with zero attached hydrogens (tertiary/aromatic N) is 1. The Morgan fingerprint density at radius 3 is 2.49 bits per heavy atom. The third-order valence-corrected chi connectivity index (χ3v) is 8.35. The molecule has 2 heterocycles. The number of hydrogen-bond acceptors (Lipinski definition) is 5. The van der Waals surface area contributed by atoms with Crippen molar-refractivity contribution in [3.05, 3.63) is 76.0 Å². The van der Waals surface area contributed by atoms with Crippen LogP contribution in [0, 0.1) is 0 Å². The minimum absolute atomic E-state index is 0.00943. The average Bonchev–Trinajstić information content (AvgIpc) is 3.64. The number of anilines is 2. The highest BCUT2D eigenvalue weighted by Gasteiger charge is 2.36. The van der Waals surface area contributed by atoms with E-state index in [2.05, 4.69) is 22.8 Å². The number of carbonyl (C=O) groups excluding carboxylic acids is 3. The Hall–Kier alpha value is -3.65. The van der Waals surface area contributed by atoms with E-state index >= 15 is 0 Å². The van der Waals surface area contributed by atoms with Crippen molar-refractivity contribution in [3.63, 3.8) is 0 Å². The van der Waals surface area contributed by atoms with Gasteiger partial charge >= 0.3 is 11.8 Å². The summed E-state index contributed by atoms with van der Waals surface area (Å²) in [5, 5.41) is 7.51. The summed E-state index contributed by atoms with van der Waals surface area (Å²) in [5.74, 6) is -0.550. The van der Waals surface area contributed by atoms with Gasteiger partial charge in [-0.05, 0) is 78.6 Å². The molecular weight excluding hydrogens is 486 g/mol. The van der Waals surface area contributed by atoms with E-state index in [9.17, 15) is 14.4 Å². The van der Waals surface area contributed by atoms with Crippen LogP contribution in [0.1, 0.15) is 52.9 Å². The molecule has 2 N–H and O–H groups in total. The fraction of sp³-hybridized carbons (Fsp3) is 0.345. The average molecular weight is 518 g/mol. The van der Waals surface area contributed by atoms with Crippen molar-refractivity contribution in [2.45, 2.75) is 43.9 Å². The predicted octanol–water partition coefficient (Wildman–Crippen LogP) is 4.92. The molecular formula is C29H31N3O4S. The van der Waals surface area contributed by atoms with Crippen molar-refractivity contribution in [1.29, 1.82) is 0 Å². The first-order chi connectivity index (χ1) is 18.0. The molecule has 7 nitrogen and oxygen atoms in total. The van der Waals surface area contributed by atoms with E-state index in [1.54, 1.807) is 18.1 Å². The van der Waals surface area contributed by atoms with Gasteiger partial charge in [0.2, 0.25) is 0 Å². The van der Waals surface area contributed by atoms with Crippen molar-refractivity contribution < 1.29 is 19.1 Å². The van der Waals surface area contributed by atoms with Crippen LogP contribution in [-0.4, -0.2) is 37.9 Å². The molecule has 5 rings (SSSR count). The molecule has 1 fully saturated rings. The molecule has 0 spiro atoms. The van der Waals surface area contributed by atoms with Crippen LogP contribution in [0.4, 0.5) is 11.4 Å². The zero-order valence-electron chi connectivity index (χ0n) is 20.9. The predicted molar refractivity (Wildman–Crippen MR) is 146 cm³/mol. The molecule has 1 aromatic heterocycles. The van der Waals surface area contributed by atoms with Gasteiger partial charge in [-0.3, -0.25) is 14.4 Å². The Labute approximate surface area is 220 Å². The standard InChI is InChI=1S/C29H31N3O4S/c1-36-23-11-8-21(9-12-23)29(14-2-3-15-29)19-30-26(33)27(34)31-22-10-13-24-20(18-22)6-4-16-32(24)28(35)25-7-5-17-37-25/h5,7-13,17-18H,2-4,6,14-16,19H2,1H3,(H,30,33)(H,31,34). The Bertz CT molecular complexity index is 1280. The fourth-order valence-electron chi connectivity index (χ4n) is 5.50. The summed E-state index contributed by atoms with van der Waals surface area (Å²) in [4.78, 5) is 40.9. The van der Waals surface area contributed by atoms with Crippen LogP contribution in [0.2, 0.25) is 0 Å². The minimum Gasteiger partial charge on any atom is -0.497 e. The summed E-state index contributed by atoms with van der Waals surface area (Å²) in [7, 11) is 1.64. The largest absolute Gasteiger partial charge is 0.497 e. The third-order valence-electron chi connectivity index (χ3n) is 7.49. The van der Waals surface area contributed by atoms with E-state index in [1.165, 1.54) is 11.3 Å². The maximum Gasteiger partial charge on any atom is 0.313 e. The molecule has 0 atom stereocenters. The summed E-state index contributed by atoms with van der Waals surface area (Å²) < 4.78 is 5.28. The molecule has 3 aromatic rings. The van der Waals surface area contributed by atoms with Gasteiger partial charge in [-0.25, -0.2) is 0 Å². The quantitative estimate of drug-likeness (QED) is 0.455. The number of rotatable bonds is 6. The number of ether oxygens (including phenoxy) is 1. The molecule has 2 aliphatic rings. The van der Waals surface area contributed by atoms with E-state index in [0.29, 0.717) is 23.7 Å². The van der Waals surface area contributed by atoms with Crippen molar-refractivity contribution in [1.82, 2.24) is 5.32 Å². The van der Waals surface area contributed by atoms with Crippen molar-refractivity contribution in [3.8, 4) is 5.75 Å². The Morgan fingerprint density at radius 1 is 1.00 bits per heavy atom. The Balaban J connectivity index is 1.23. The number of fused-ring (bicyclic) bond motifs is 1. The first-order valence-electron chi connectivity index (χ1n) is 12.7. The van der Waals surface area contributed by atoms with E-state index in [1.807, 2.05) is 41.8 Å². The molecule has 0 unspecified atom stereocenters. The van der Waals surface area contributed by atoms with Gasteiger partial charge < -0.3 is 20.3 Å². The molecule has 8 heteroatoms. The van der Waals surface area contributed by atoms with Crippen LogP contribution in [-0.2, 0) is 21.4 Å². The topological polar surface area (TPSA) is 87.7 Å². The summed E-state index contributed by atoms with van der Waals surface area (Å²) in [5.41, 5.74) is 3.37. The lowest BCUT2D eigenvalue weighted by molar-refractivity contribution is -0.136. The smallest absolute Gasteiger partial charge is 0.313 e. The maximum atomic E-state index is 12.9. The molecule has 37 heavy (non-hydrogen) atoms. The molecule has 1 aliphatic heterocycles. The van der Waals surface area contributed by atoms with Gasteiger partial charge in [0.1, 0.15) is 5.75 Å². The van der Waals surface area contributed by atoms with E-state index < -0.39 is 11.8 Å². The molecule has 192 valence electrons. The number of thiophene rings is 1. The van der Waals surface area contributed by atoms with Crippen LogP contribution in [0.3, 0.4) is 0 Å². The van der Waals surface area contributed by atoms with Gasteiger partial charge in [-0.1, -0.05) is 31.0 Å². The van der Waals surface area contributed by atoms with Crippen LogP contribution < -0.4 is 20.3 Å². The fourth-order valence-corrected chi connectivity index (χ4v) is 6.17. The molecule has 0 saturated heterocycles. The minimum atomic E-state index is -0.690. The van der Waals surface area contributed by atoms with E-state index in [0.717, 1.165) is 61.1 Å². The summed E-state index contributed by atoms with van der Waals surface area (Å²) in [6.07, 6.45) is 5.77. The molecule has 0 radical (unpaired) electrons. The van der Waals surface area contributed by atoms with Crippen LogP contribution in [0.15, 0.2) is 60.0 Å². The van der Waals surface area contributed by atoms with Crippen molar-refractivity contribution >= 4 is 40.4 Å². The first kappa shape index (κ1) is 25.0. The zero-order valence-corrected chi connectivity index (χ0v) is 21.7. The van der Waals surface area contributed by atoms with Gasteiger partial charge in [0, 0.05) is 29.9 Å². The molecule has 0 bridgehead atoms. The highest BCUT2D eigenvalue weighted by molar-refractivity contribution is 7.12. The summed E-state index contributed by atoms with van der Waals surface area (Å²) >= 11 is 1.43. The monoisotopic (exact) mass is 517 g/mol. The Kier molecular flexibility index (Phi) is 7.28. The first-order valence-corrected chi connectivity index (χ1v) is 13.6. The maximum absolute atomic E-state index is 12.9. The molecule has 3 amide bonds. The van der Waals surface area contributed by atoms with Gasteiger partial charge in [-0.15, -0.1) is 11.3 Å². The number of benzene rings is 2. The zero-order chi connectivity index (χ0) is 25.8. The van der Waals surface area contributed by atoms with Gasteiger partial charge in [-0.2, -0.15) is 0 Å². The third kappa shape index (κ3) is 5.25. The van der Waals surface area contributed by atoms with Gasteiger partial charge in [0.25, 0.3) is 5.91 Å². The number of nitrogens with one attached hydrogen (secondary N) is 2. The number of hydrogen-bond donors (Lipinski definition) is 2. The molecule has 2 aromatic carbocycles. The van der Waals surface area contributed by atoms with Crippen molar-refractivity contribution in [2.24, 2.45) is 0 Å². The highest BCUT2D eigenvalue weighted by atomic mass is 32.1. The second-order valence-corrected chi connectivity index (χ2v) is 10.7. The van der Waals surface area contributed by atoms with Crippen LogP contribution >= 0.6 is 11.3 Å². The normalized spacial score (nSPS) is 16.1. The lowest BCUT2D eigenvalue weighted by atomic mass is 9.78. The number of methoxy groups -OCH3 is 1. The summed E-state index contributed by atoms with van der Waals surface area (Å²) in [6.45, 7) is 1.07. The van der Waals surface area contributed by atoms with Gasteiger partial charge in [0.05, 0.1) is 12.0 Å². The lowest BCUT2D eigenvalue weighted by Gasteiger charge is -2.30. The highest BCUT2D eigenvalue weighted by Crippen LogP contribution is 2.41. The van der Waals surface area contributed by atoms with Gasteiger partial charge in [0.15, 0.2) is 0 Å². The van der Waals surface area contributed by atoms with E-state index in [-0.39, 0.29) is 11.3 Å². The Morgan fingerprint density at radius 2 is 1.78 bits per heavy atom. The second kappa shape index (κ2) is 10.8. The molecule has 1 saturated carbocycles. The molecule has 1 aliphatic carbocycles. The van der Waals surface area contributed by atoms with Crippen LogP contribution in [0.25, 0.3) is 0 Å². The number of aryl methyl sites for hydroxylation is 1. The summed E-state index contributed by atoms with van der Waals surface area (Å²) in [6, 6.07) is 17.2. The number of amides is 3. The van der Waals surface area contributed by atoms with Crippen LogP contribution in [0.5, 0.6) is 5.75 Å². The van der Waals surface area contributed by atoms with E-state index in [4.69, 9.17) is 4.74 Å².